The average molecular weight is 304 g/mol. The number of hydrogen-bond acceptors (Lipinski definition) is 5. The van der Waals surface area contributed by atoms with Crippen molar-refractivity contribution in [2.45, 2.75) is 45.7 Å². The van der Waals surface area contributed by atoms with E-state index in [2.05, 4.69) is 48.2 Å². The average Bonchev–Trinajstić information content (AvgIpc) is 3.02. The summed E-state index contributed by atoms with van der Waals surface area (Å²) >= 11 is 1.58. The van der Waals surface area contributed by atoms with Crippen LogP contribution < -0.4 is 5.32 Å². The molecule has 0 aliphatic carbocycles. The van der Waals surface area contributed by atoms with E-state index in [1.165, 1.54) is 0 Å². The van der Waals surface area contributed by atoms with Crippen LogP contribution in [0.2, 0.25) is 0 Å². The van der Waals surface area contributed by atoms with Gasteiger partial charge in [0.25, 0.3) is 0 Å². The fourth-order valence-corrected chi connectivity index (χ4v) is 2.96. The Kier molecular flexibility index (Phi) is 3.44. The number of anilines is 1. The van der Waals surface area contributed by atoms with Gasteiger partial charge in [-0.1, -0.05) is 32.1 Å². The molecule has 3 rings (SSSR count). The summed E-state index contributed by atoms with van der Waals surface area (Å²) < 4.78 is 3.77. The maximum absolute atomic E-state index is 4.65. The predicted octanol–water partition coefficient (Wildman–Crippen LogP) is 2.79. The smallest absolute Gasteiger partial charge is 0.214 e. The van der Waals surface area contributed by atoms with Crippen LogP contribution in [0.25, 0.3) is 4.96 Å². The number of rotatable bonds is 4. The predicted molar refractivity (Wildman–Crippen MR) is 84.9 cm³/mol. The van der Waals surface area contributed by atoms with Gasteiger partial charge in [0.2, 0.25) is 10.1 Å². The van der Waals surface area contributed by atoms with Crippen molar-refractivity contribution < 1.29 is 0 Å². The summed E-state index contributed by atoms with van der Waals surface area (Å²) in [6, 6.07) is 2.18. The van der Waals surface area contributed by atoms with Gasteiger partial charge in [-0.15, -0.1) is 5.10 Å². The lowest BCUT2D eigenvalue weighted by atomic mass is 9.93. The van der Waals surface area contributed by atoms with E-state index in [-0.39, 0.29) is 11.5 Å². The number of aromatic nitrogens is 5. The SMILES string of the molecule is C[C@H](Cn1cccn1)Nc1nn2cc(C(C)(C)C)nc2s1. The minimum absolute atomic E-state index is 0.0500. The van der Waals surface area contributed by atoms with Crippen molar-refractivity contribution in [3.63, 3.8) is 0 Å². The van der Waals surface area contributed by atoms with Gasteiger partial charge in [-0.2, -0.15) is 5.10 Å². The molecule has 3 heterocycles. The summed E-state index contributed by atoms with van der Waals surface area (Å²) in [4.78, 5) is 5.57. The standard InChI is InChI=1S/C14H20N6S/c1-10(8-19-7-5-6-15-19)16-12-18-20-9-11(14(2,3)4)17-13(20)21-12/h5-7,9-10H,8H2,1-4H3,(H,16,18)/t10-/m1/s1. The molecule has 0 aromatic carbocycles. The summed E-state index contributed by atoms with van der Waals surface area (Å²) in [5, 5.41) is 13.0. The molecule has 6 nitrogen and oxygen atoms in total. The second-order valence-electron chi connectivity index (χ2n) is 6.28. The van der Waals surface area contributed by atoms with E-state index in [1.54, 1.807) is 17.5 Å². The van der Waals surface area contributed by atoms with Gasteiger partial charge in [0.05, 0.1) is 18.4 Å². The van der Waals surface area contributed by atoms with Gasteiger partial charge in [0, 0.05) is 23.9 Å². The molecule has 0 aliphatic rings. The van der Waals surface area contributed by atoms with Crippen molar-refractivity contribution >= 4 is 21.4 Å². The molecule has 0 fully saturated rings. The van der Waals surface area contributed by atoms with Crippen molar-refractivity contribution in [1.29, 1.82) is 0 Å². The second kappa shape index (κ2) is 5.14. The first-order valence-corrected chi connectivity index (χ1v) is 7.84. The zero-order valence-electron chi connectivity index (χ0n) is 12.7. The van der Waals surface area contributed by atoms with Crippen LogP contribution in [0.1, 0.15) is 33.4 Å². The van der Waals surface area contributed by atoms with Crippen molar-refractivity contribution in [2.24, 2.45) is 0 Å². The van der Waals surface area contributed by atoms with Crippen LogP contribution in [-0.2, 0) is 12.0 Å². The molecule has 0 bridgehead atoms. The summed E-state index contributed by atoms with van der Waals surface area (Å²) in [5.41, 5.74) is 1.12. The minimum atomic E-state index is 0.0500. The van der Waals surface area contributed by atoms with Crippen molar-refractivity contribution in [1.82, 2.24) is 24.4 Å². The van der Waals surface area contributed by atoms with Gasteiger partial charge in [0.1, 0.15) is 0 Å². The quantitative estimate of drug-likeness (QED) is 0.805. The van der Waals surface area contributed by atoms with Crippen molar-refractivity contribution in [2.75, 3.05) is 5.32 Å². The van der Waals surface area contributed by atoms with Crippen molar-refractivity contribution in [3.8, 4) is 0 Å². The highest BCUT2D eigenvalue weighted by Gasteiger charge is 2.19. The Labute approximate surface area is 127 Å². The Morgan fingerprint density at radius 1 is 1.38 bits per heavy atom. The molecule has 112 valence electrons. The number of imidazole rings is 1. The molecule has 0 unspecified atom stereocenters. The third kappa shape index (κ3) is 3.07. The molecule has 1 atom stereocenters. The van der Waals surface area contributed by atoms with Gasteiger partial charge in [-0.25, -0.2) is 9.50 Å². The summed E-state index contributed by atoms with van der Waals surface area (Å²) in [6.07, 6.45) is 5.76. The lowest BCUT2D eigenvalue weighted by molar-refractivity contribution is 0.560. The van der Waals surface area contributed by atoms with E-state index in [1.807, 2.05) is 27.7 Å². The fourth-order valence-electron chi connectivity index (χ4n) is 2.07. The van der Waals surface area contributed by atoms with Crippen LogP contribution >= 0.6 is 11.3 Å². The molecule has 0 spiro atoms. The Morgan fingerprint density at radius 3 is 2.81 bits per heavy atom. The summed E-state index contributed by atoms with van der Waals surface area (Å²) in [6.45, 7) is 9.40. The number of fused-ring (bicyclic) bond motifs is 1. The highest BCUT2D eigenvalue weighted by atomic mass is 32.1. The first kappa shape index (κ1) is 14.1. The summed E-state index contributed by atoms with van der Waals surface area (Å²) in [7, 11) is 0. The molecular weight excluding hydrogens is 284 g/mol. The number of nitrogens with one attached hydrogen (secondary N) is 1. The van der Waals surface area contributed by atoms with Gasteiger partial charge in [0.15, 0.2) is 0 Å². The first-order valence-electron chi connectivity index (χ1n) is 7.02. The molecule has 0 aliphatic heterocycles. The molecule has 0 saturated carbocycles. The van der Waals surface area contributed by atoms with Gasteiger partial charge < -0.3 is 5.32 Å². The first-order chi connectivity index (χ1) is 9.91. The van der Waals surface area contributed by atoms with Crippen LogP contribution in [0.5, 0.6) is 0 Å². The second-order valence-corrected chi connectivity index (χ2v) is 7.24. The molecule has 0 saturated heterocycles. The van der Waals surface area contributed by atoms with Crippen LogP contribution in [-0.4, -0.2) is 30.4 Å². The van der Waals surface area contributed by atoms with E-state index >= 15 is 0 Å². The summed E-state index contributed by atoms with van der Waals surface area (Å²) in [5.74, 6) is 0. The number of nitrogens with zero attached hydrogens (tertiary/aromatic N) is 5. The van der Waals surface area contributed by atoms with Crippen LogP contribution in [0, 0.1) is 0 Å². The molecule has 21 heavy (non-hydrogen) atoms. The molecule has 0 radical (unpaired) electrons. The highest BCUT2D eigenvalue weighted by molar-refractivity contribution is 7.20. The van der Waals surface area contributed by atoms with E-state index in [4.69, 9.17) is 0 Å². The Bertz CT molecular complexity index is 687. The lowest BCUT2D eigenvalue weighted by Crippen LogP contribution is -2.22. The lowest BCUT2D eigenvalue weighted by Gasteiger charge is -2.14. The van der Waals surface area contributed by atoms with Crippen LogP contribution in [0.4, 0.5) is 5.13 Å². The highest BCUT2D eigenvalue weighted by Crippen LogP contribution is 2.25. The Morgan fingerprint density at radius 2 is 2.19 bits per heavy atom. The monoisotopic (exact) mass is 304 g/mol. The van der Waals surface area contributed by atoms with Crippen LogP contribution in [0.3, 0.4) is 0 Å². The zero-order chi connectivity index (χ0) is 15.0. The molecule has 0 amide bonds. The van der Waals surface area contributed by atoms with E-state index in [9.17, 15) is 0 Å². The maximum Gasteiger partial charge on any atom is 0.214 e. The van der Waals surface area contributed by atoms with E-state index in [0.29, 0.717) is 0 Å². The molecule has 1 N–H and O–H groups in total. The van der Waals surface area contributed by atoms with E-state index in [0.717, 1.165) is 22.3 Å². The molecular formula is C14H20N6S. The van der Waals surface area contributed by atoms with E-state index < -0.39 is 0 Å². The van der Waals surface area contributed by atoms with Crippen LogP contribution in [0.15, 0.2) is 24.7 Å². The fraction of sp³-hybridized carbons (Fsp3) is 0.500. The van der Waals surface area contributed by atoms with Gasteiger partial charge in [-0.3, -0.25) is 4.68 Å². The topological polar surface area (TPSA) is 60.0 Å². The van der Waals surface area contributed by atoms with Crippen molar-refractivity contribution in [3.05, 3.63) is 30.4 Å². The minimum Gasteiger partial charge on any atom is -0.356 e. The third-order valence-electron chi connectivity index (χ3n) is 3.20. The van der Waals surface area contributed by atoms with Gasteiger partial charge in [-0.05, 0) is 13.0 Å². The Balaban J connectivity index is 1.71. The Hall–Kier alpha value is -1.89. The van der Waals surface area contributed by atoms with Gasteiger partial charge >= 0.3 is 0 Å². The normalized spacial score (nSPS) is 13.7. The molecule has 7 heteroatoms. The maximum atomic E-state index is 4.65. The number of hydrogen-bond donors (Lipinski definition) is 1. The molecule has 3 aromatic rings. The largest absolute Gasteiger partial charge is 0.356 e. The molecule has 3 aromatic heterocycles. The third-order valence-corrected chi connectivity index (χ3v) is 4.06. The zero-order valence-corrected chi connectivity index (χ0v) is 13.6.